The average molecular weight is 449 g/mol. The van der Waals surface area contributed by atoms with Crippen LogP contribution in [-0.4, -0.2) is 24.2 Å². The van der Waals surface area contributed by atoms with Gasteiger partial charge < -0.3 is 9.47 Å². The molecule has 0 spiro atoms. The molecule has 0 bridgehead atoms. The summed E-state index contributed by atoms with van der Waals surface area (Å²) < 4.78 is 10.9. The number of amides is 1. The van der Waals surface area contributed by atoms with E-state index in [9.17, 15) is 4.79 Å². The number of nitrogens with zero attached hydrogens (tertiary/aromatic N) is 2. The van der Waals surface area contributed by atoms with Crippen molar-refractivity contribution < 1.29 is 14.3 Å². The molecule has 0 radical (unpaired) electrons. The van der Waals surface area contributed by atoms with Crippen LogP contribution in [-0.2, 0) is 4.79 Å². The van der Waals surface area contributed by atoms with Crippen molar-refractivity contribution in [2.75, 3.05) is 17.6 Å². The van der Waals surface area contributed by atoms with Crippen molar-refractivity contribution in [1.82, 2.24) is 0 Å². The van der Waals surface area contributed by atoms with Crippen molar-refractivity contribution in [1.29, 1.82) is 0 Å². The summed E-state index contributed by atoms with van der Waals surface area (Å²) in [6, 6.07) is 22.7. The van der Waals surface area contributed by atoms with Crippen molar-refractivity contribution in [3.8, 4) is 11.5 Å². The van der Waals surface area contributed by atoms with Crippen molar-refractivity contribution in [2.45, 2.75) is 4.90 Å². The van der Waals surface area contributed by atoms with Crippen LogP contribution in [0.4, 0.5) is 5.69 Å². The fourth-order valence-corrected chi connectivity index (χ4v) is 4.28. The molecule has 0 unspecified atom stereocenters. The van der Waals surface area contributed by atoms with E-state index in [1.165, 1.54) is 5.01 Å². The Bertz CT molecular complexity index is 1190. The molecule has 5 nitrogen and oxygen atoms in total. The van der Waals surface area contributed by atoms with Crippen LogP contribution in [0.15, 0.2) is 88.4 Å². The molecular weight excluding hydrogens is 432 g/mol. The highest BCUT2D eigenvalue weighted by molar-refractivity contribution is 8.00. The average Bonchev–Trinajstić information content (AvgIpc) is 3.39. The number of benzene rings is 3. The second-order valence-electron chi connectivity index (χ2n) is 6.91. The van der Waals surface area contributed by atoms with Crippen LogP contribution in [0.2, 0.25) is 5.02 Å². The number of halogens is 1. The number of anilines is 1. The van der Waals surface area contributed by atoms with E-state index in [1.54, 1.807) is 11.8 Å². The monoisotopic (exact) mass is 448 g/mol. The second kappa shape index (κ2) is 8.49. The second-order valence-corrected chi connectivity index (χ2v) is 8.40. The van der Waals surface area contributed by atoms with Gasteiger partial charge in [-0.3, -0.25) is 4.79 Å². The van der Waals surface area contributed by atoms with Gasteiger partial charge in [-0.15, -0.1) is 11.8 Å². The highest BCUT2D eigenvalue weighted by atomic mass is 35.5. The standard InChI is InChI=1S/C24H17ClN2O3S/c25-17-7-9-19(10-8-17)31-14-21-20(12-16-6-11-22-23(13-16)30-15-29-22)24(28)27(26-21)18-4-2-1-3-5-18/h1-13H,14-15H2/b20-12-. The third-order valence-corrected chi connectivity index (χ3v) is 6.13. The van der Waals surface area contributed by atoms with Crippen LogP contribution in [0.5, 0.6) is 11.5 Å². The smallest absolute Gasteiger partial charge is 0.280 e. The first-order chi connectivity index (χ1) is 15.2. The molecule has 0 N–H and O–H groups in total. The van der Waals surface area contributed by atoms with E-state index in [4.69, 9.17) is 21.1 Å². The Morgan fingerprint density at radius 2 is 1.77 bits per heavy atom. The van der Waals surface area contributed by atoms with E-state index < -0.39 is 0 Å². The first kappa shape index (κ1) is 19.7. The van der Waals surface area contributed by atoms with Gasteiger partial charge in [0, 0.05) is 15.7 Å². The van der Waals surface area contributed by atoms with Gasteiger partial charge in [-0.1, -0.05) is 35.9 Å². The number of ether oxygens (including phenoxy) is 2. The van der Waals surface area contributed by atoms with Gasteiger partial charge in [0.05, 0.1) is 17.0 Å². The van der Waals surface area contributed by atoms with Gasteiger partial charge in [-0.2, -0.15) is 10.1 Å². The van der Waals surface area contributed by atoms with E-state index in [0.717, 1.165) is 16.1 Å². The largest absolute Gasteiger partial charge is 0.454 e. The molecule has 2 heterocycles. The van der Waals surface area contributed by atoms with Gasteiger partial charge >= 0.3 is 0 Å². The maximum absolute atomic E-state index is 13.3. The first-order valence-corrected chi connectivity index (χ1v) is 11.0. The summed E-state index contributed by atoms with van der Waals surface area (Å²) in [6.07, 6.45) is 1.86. The Hall–Kier alpha value is -3.22. The number of rotatable bonds is 5. The molecule has 0 aliphatic carbocycles. The number of para-hydroxylation sites is 1. The molecule has 0 saturated carbocycles. The number of hydrogen-bond donors (Lipinski definition) is 0. The summed E-state index contributed by atoms with van der Waals surface area (Å²) in [4.78, 5) is 14.3. The lowest BCUT2D eigenvalue weighted by atomic mass is 10.1. The zero-order valence-electron chi connectivity index (χ0n) is 16.3. The third kappa shape index (κ3) is 4.17. The van der Waals surface area contributed by atoms with E-state index in [-0.39, 0.29) is 12.7 Å². The highest BCUT2D eigenvalue weighted by Crippen LogP contribution is 2.34. The van der Waals surface area contributed by atoms with Gasteiger partial charge in [0.2, 0.25) is 6.79 Å². The van der Waals surface area contributed by atoms with Crippen LogP contribution >= 0.6 is 23.4 Å². The summed E-state index contributed by atoms with van der Waals surface area (Å²) >= 11 is 7.59. The summed E-state index contributed by atoms with van der Waals surface area (Å²) in [5, 5.41) is 6.80. The van der Waals surface area contributed by atoms with Crippen LogP contribution in [0, 0.1) is 0 Å². The van der Waals surface area contributed by atoms with Crippen LogP contribution in [0.1, 0.15) is 5.56 Å². The van der Waals surface area contributed by atoms with Crippen molar-refractivity contribution in [3.05, 3.63) is 89.0 Å². The molecule has 2 aliphatic rings. The third-order valence-electron chi connectivity index (χ3n) is 4.85. The zero-order chi connectivity index (χ0) is 21.2. The molecular formula is C24H17ClN2O3S. The quantitative estimate of drug-likeness (QED) is 0.374. The van der Waals surface area contributed by atoms with E-state index in [1.807, 2.05) is 78.9 Å². The van der Waals surface area contributed by atoms with Crippen molar-refractivity contribution in [2.24, 2.45) is 5.10 Å². The normalized spacial score (nSPS) is 16.2. The minimum absolute atomic E-state index is 0.157. The molecule has 5 rings (SSSR count). The summed E-state index contributed by atoms with van der Waals surface area (Å²) in [5.41, 5.74) is 2.86. The molecule has 0 aromatic heterocycles. The fourth-order valence-electron chi connectivity index (χ4n) is 3.31. The van der Waals surface area contributed by atoms with Crippen molar-refractivity contribution in [3.63, 3.8) is 0 Å². The maximum atomic E-state index is 13.3. The van der Waals surface area contributed by atoms with Crippen LogP contribution in [0.25, 0.3) is 6.08 Å². The molecule has 3 aromatic carbocycles. The SMILES string of the molecule is O=C1/C(=C\c2ccc3c(c2)OCO3)C(CSc2ccc(Cl)cc2)=NN1c1ccccc1. The Kier molecular flexibility index (Phi) is 5.40. The fraction of sp³-hybridized carbons (Fsp3) is 0.0833. The van der Waals surface area contributed by atoms with Crippen LogP contribution in [0.3, 0.4) is 0 Å². The molecule has 2 aliphatic heterocycles. The lowest BCUT2D eigenvalue weighted by Gasteiger charge is -2.11. The maximum Gasteiger partial charge on any atom is 0.280 e. The topological polar surface area (TPSA) is 51.1 Å². The summed E-state index contributed by atoms with van der Waals surface area (Å²) in [7, 11) is 0. The number of carbonyl (C=O) groups is 1. The van der Waals surface area contributed by atoms with Gasteiger partial charge in [-0.05, 0) is 60.2 Å². The Labute approximate surface area is 188 Å². The highest BCUT2D eigenvalue weighted by Gasteiger charge is 2.31. The molecule has 154 valence electrons. The molecule has 0 saturated heterocycles. The predicted molar refractivity (Wildman–Crippen MR) is 124 cm³/mol. The number of fused-ring (bicyclic) bond motifs is 1. The van der Waals surface area contributed by atoms with E-state index in [2.05, 4.69) is 5.10 Å². The number of thioether (sulfide) groups is 1. The molecule has 0 atom stereocenters. The molecule has 31 heavy (non-hydrogen) atoms. The minimum atomic E-state index is -0.157. The Morgan fingerprint density at radius 1 is 1.00 bits per heavy atom. The number of hydrazone groups is 1. The lowest BCUT2D eigenvalue weighted by Crippen LogP contribution is -2.21. The molecule has 3 aromatic rings. The van der Waals surface area contributed by atoms with Crippen molar-refractivity contribution >= 4 is 46.7 Å². The zero-order valence-corrected chi connectivity index (χ0v) is 17.9. The van der Waals surface area contributed by atoms with E-state index in [0.29, 0.717) is 33.6 Å². The number of hydrogen-bond acceptors (Lipinski definition) is 5. The van der Waals surface area contributed by atoms with E-state index >= 15 is 0 Å². The van der Waals surface area contributed by atoms with Crippen LogP contribution < -0.4 is 14.5 Å². The summed E-state index contributed by atoms with van der Waals surface area (Å²) in [5.74, 6) is 1.77. The van der Waals surface area contributed by atoms with Gasteiger partial charge in [-0.25, -0.2) is 0 Å². The minimum Gasteiger partial charge on any atom is -0.454 e. The summed E-state index contributed by atoms with van der Waals surface area (Å²) in [6.45, 7) is 0.209. The lowest BCUT2D eigenvalue weighted by molar-refractivity contribution is -0.114. The molecule has 0 fully saturated rings. The first-order valence-electron chi connectivity index (χ1n) is 9.64. The van der Waals surface area contributed by atoms with Gasteiger partial charge in [0.1, 0.15) is 0 Å². The molecule has 7 heteroatoms. The predicted octanol–water partition coefficient (Wildman–Crippen LogP) is 5.65. The van der Waals surface area contributed by atoms with Gasteiger partial charge in [0.25, 0.3) is 5.91 Å². The number of carbonyl (C=O) groups excluding carboxylic acids is 1. The molecule has 1 amide bonds. The Morgan fingerprint density at radius 3 is 2.58 bits per heavy atom. The van der Waals surface area contributed by atoms with Gasteiger partial charge in [0.15, 0.2) is 11.5 Å². The Balaban J connectivity index is 1.47.